The summed E-state index contributed by atoms with van der Waals surface area (Å²) in [7, 11) is 0. The van der Waals surface area contributed by atoms with Gasteiger partial charge in [0.1, 0.15) is 5.75 Å². The molecule has 3 rings (SSSR count). The Labute approximate surface area is 193 Å². The van der Waals surface area contributed by atoms with Gasteiger partial charge >= 0.3 is 0 Å². The summed E-state index contributed by atoms with van der Waals surface area (Å²) in [6, 6.07) is 8.94. The van der Waals surface area contributed by atoms with Crippen LogP contribution in [-0.2, 0) is 11.3 Å². The second kappa shape index (κ2) is 13.3. The van der Waals surface area contributed by atoms with Crippen LogP contribution >= 0.6 is 24.0 Å². The average Bonchev–Trinajstić information content (AvgIpc) is 3.22. The van der Waals surface area contributed by atoms with Gasteiger partial charge in [0.2, 0.25) is 0 Å². The Bertz CT molecular complexity index is 623. The van der Waals surface area contributed by atoms with Gasteiger partial charge in [-0.1, -0.05) is 25.5 Å². The average molecular weight is 516 g/mol. The number of hydrogen-bond acceptors (Lipinski definition) is 4. The number of nitrogens with one attached hydrogen (secondary N) is 1. The maximum absolute atomic E-state index is 5.83. The summed E-state index contributed by atoms with van der Waals surface area (Å²) in [5, 5.41) is 3.48. The van der Waals surface area contributed by atoms with Crippen LogP contribution in [0.2, 0.25) is 0 Å². The molecular formula is C22H37IN4O2. The molecule has 1 aromatic rings. The van der Waals surface area contributed by atoms with Gasteiger partial charge in [-0.2, -0.15) is 0 Å². The van der Waals surface area contributed by atoms with Crippen LogP contribution in [0.3, 0.4) is 0 Å². The molecule has 2 fully saturated rings. The van der Waals surface area contributed by atoms with Crippen LogP contribution in [0.5, 0.6) is 5.75 Å². The van der Waals surface area contributed by atoms with Crippen molar-refractivity contribution in [1.29, 1.82) is 0 Å². The molecule has 29 heavy (non-hydrogen) atoms. The molecule has 1 atom stereocenters. The molecular weight excluding hydrogens is 479 g/mol. The van der Waals surface area contributed by atoms with Crippen molar-refractivity contribution in [3.63, 3.8) is 0 Å². The van der Waals surface area contributed by atoms with Gasteiger partial charge in [0.15, 0.2) is 5.96 Å². The number of likely N-dealkylation sites (tertiary alicyclic amines) is 1. The normalized spacial score (nSPS) is 20.4. The number of benzene rings is 1. The Morgan fingerprint density at radius 1 is 1.24 bits per heavy atom. The lowest BCUT2D eigenvalue weighted by Gasteiger charge is -2.32. The van der Waals surface area contributed by atoms with Crippen LogP contribution in [0.1, 0.15) is 38.7 Å². The first kappa shape index (κ1) is 24.2. The molecule has 0 saturated carbocycles. The summed E-state index contributed by atoms with van der Waals surface area (Å²) in [5.41, 5.74) is 1.19. The van der Waals surface area contributed by atoms with Gasteiger partial charge in [0.05, 0.1) is 26.4 Å². The number of guanidine groups is 1. The molecule has 2 saturated heterocycles. The molecule has 164 valence electrons. The number of morpholine rings is 1. The van der Waals surface area contributed by atoms with Crippen molar-refractivity contribution >= 4 is 29.9 Å². The van der Waals surface area contributed by atoms with E-state index >= 15 is 0 Å². The minimum absolute atomic E-state index is 0. The monoisotopic (exact) mass is 516 g/mol. The number of ether oxygens (including phenoxy) is 2. The number of rotatable bonds is 8. The van der Waals surface area contributed by atoms with E-state index in [0.717, 1.165) is 77.1 Å². The Morgan fingerprint density at radius 2 is 2.07 bits per heavy atom. The fourth-order valence-corrected chi connectivity index (χ4v) is 3.83. The van der Waals surface area contributed by atoms with E-state index in [1.165, 1.54) is 12.0 Å². The van der Waals surface area contributed by atoms with E-state index in [-0.39, 0.29) is 24.0 Å². The first-order valence-corrected chi connectivity index (χ1v) is 10.9. The van der Waals surface area contributed by atoms with E-state index in [0.29, 0.717) is 12.6 Å². The van der Waals surface area contributed by atoms with Crippen molar-refractivity contribution in [3.8, 4) is 5.75 Å². The molecule has 2 aliphatic heterocycles. The van der Waals surface area contributed by atoms with Crippen molar-refractivity contribution < 1.29 is 9.47 Å². The van der Waals surface area contributed by atoms with E-state index in [1.807, 2.05) is 6.07 Å². The van der Waals surface area contributed by atoms with Crippen molar-refractivity contribution in [2.75, 3.05) is 52.5 Å². The molecule has 0 radical (unpaired) electrons. The van der Waals surface area contributed by atoms with Crippen LogP contribution in [0.15, 0.2) is 29.3 Å². The van der Waals surface area contributed by atoms with E-state index in [4.69, 9.17) is 14.5 Å². The molecule has 0 amide bonds. The SMILES string of the molecule is CCCCOc1cccc(CN=C(NCC)N2CCC(N3CCOCC3)C2)c1.I. The number of hydrogen-bond donors (Lipinski definition) is 1. The minimum atomic E-state index is 0. The Morgan fingerprint density at radius 3 is 2.83 bits per heavy atom. The molecule has 0 aliphatic carbocycles. The third-order valence-electron chi connectivity index (χ3n) is 5.44. The number of halogens is 1. The number of unbranched alkanes of at least 4 members (excludes halogenated alkanes) is 1. The molecule has 0 aromatic heterocycles. The highest BCUT2D eigenvalue weighted by molar-refractivity contribution is 14.0. The summed E-state index contributed by atoms with van der Waals surface area (Å²) in [6.07, 6.45) is 3.44. The van der Waals surface area contributed by atoms with Crippen LogP contribution in [0, 0.1) is 0 Å². The molecule has 0 spiro atoms. The van der Waals surface area contributed by atoms with Crippen molar-refractivity contribution in [2.24, 2.45) is 4.99 Å². The van der Waals surface area contributed by atoms with Gasteiger partial charge in [0, 0.05) is 38.8 Å². The molecule has 7 heteroatoms. The Balaban J connectivity index is 0.00000300. The third kappa shape index (κ3) is 7.61. The number of nitrogens with zero attached hydrogens (tertiary/aromatic N) is 3. The summed E-state index contributed by atoms with van der Waals surface area (Å²) < 4.78 is 11.3. The smallest absolute Gasteiger partial charge is 0.194 e. The van der Waals surface area contributed by atoms with E-state index in [1.54, 1.807) is 0 Å². The van der Waals surface area contributed by atoms with Crippen LogP contribution in [-0.4, -0.2) is 74.3 Å². The first-order valence-electron chi connectivity index (χ1n) is 10.9. The van der Waals surface area contributed by atoms with Crippen molar-refractivity contribution in [1.82, 2.24) is 15.1 Å². The summed E-state index contributed by atoms with van der Waals surface area (Å²) in [5.74, 6) is 1.97. The maximum Gasteiger partial charge on any atom is 0.194 e. The van der Waals surface area contributed by atoms with Gasteiger partial charge in [0.25, 0.3) is 0 Å². The van der Waals surface area contributed by atoms with Gasteiger partial charge in [-0.15, -0.1) is 24.0 Å². The second-order valence-corrected chi connectivity index (χ2v) is 7.56. The van der Waals surface area contributed by atoms with Crippen LogP contribution in [0.25, 0.3) is 0 Å². The predicted octanol–water partition coefficient (Wildman–Crippen LogP) is 3.36. The van der Waals surface area contributed by atoms with Gasteiger partial charge in [-0.3, -0.25) is 4.90 Å². The zero-order valence-electron chi connectivity index (χ0n) is 17.9. The molecule has 1 aromatic carbocycles. The summed E-state index contributed by atoms with van der Waals surface area (Å²) in [4.78, 5) is 9.90. The van der Waals surface area contributed by atoms with Crippen molar-refractivity contribution in [2.45, 2.75) is 45.7 Å². The number of aliphatic imine (C=N–C) groups is 1. The zero-order chi connectivity index (χ0) is 19.6. The van der Waals surface area contributed by atoms with Crippen LogP contribution in [0.4, 0.5) is 0 Å². The fourth-order valence-electron chi connectivity index (χ4n) is 3.83. The van der Waals surface area contributed by atoms with Gasteiger partial charge < -0.3 is 19.7 Å². The lowest BCUT2D eigenvalue weighted by atomic mass is 10.2. The second-order valence-electron chi connectivity index (χ2n) is 7.56. The predicted molar refractivity (Wildman–Crippen MR) is 129 cm³/mol. The lowest BCUT2D eigenvalue weighted by molar-refractivity contribution is 0.0195. The molecule has 0 bridgehead atoms. The zero-order valence-corrected chi connectivity index (χ0v) is 20.3. The first-order chi connectivity index (χ1) is 13.8. The molecule has 2 heterocycles. The summed E-state index contributed by atoms with van der Waals surface area (Å²) in [6.45, 7) is 12.6. The fraction of sp³-hybridized carbons (Fsp3) is 0.682. The van der Waals surface area contributed by atoms with Crippen LogP contribution < -0.4 is 10.1 Å². The Kier molecular flexibility index (Phi) is 11.1. The highest BCUT2D eigenvalue weighted by atomic mass is 127. The van der Waals surface area contributed by atoms with E-state index in [2.05, 4.69) is 47.2 Å². The van der Waals surface area contributed by atoms with E-state index < -0.39 is 0 Å². The molecule has 2 aliphatic rings. The third-order valence-corrected chi connectivity index (χ3v) is 5.44. The minimum Gasteiger partial charge on any atom is -0.494 e. The highest BCUT2D eigenvalue weighted by Gasteiger charge is 2.30. The molecule has 1 unspecified atom stereocenters. The van der Waals surface area contributed by atoms with Crippen molar-refractivity contribution in [3.05, 3.63) is 29.8 Å². The molecule has 1 N–H and O–H groups in total. The largest absolute Gasteiger partial charge is 0.494 e. The lowest BCUT2D eigenvalue weighted by Crippen LogP contribution is -2.46. The summed E-state index contributed by atoms with van der Waals surface area (Å²) >= 11 is 0. The van der Waals surface area contributed by atoms with Gasteiger partial charge in [-0.05, 0) is 37.5 Å². The standard InChI is InChI=1S/C22H36N4O2.HI/c1-3-5-13-28-21-8-6-7-19(16-21)17-24-22(23-4-2)26-10-9-20(18-26)25-11-14-27-15-12-25;/h6-8,16,20H,3-5,9-15,17-18H2,1-2H3,(H,23,24);1H. The van der Waals surface area contributed by atoms with Gasteiger partial charge in [-0.25, -0.2) is 4.99 Å². The van der Waals surface area contributed by atoms with E-state index in [9.17, 15) is 0 Å². The quantitative estimate of drug-likeness (QED) is 0.249. The Hall–Kier alpha value is -1.06. The maximum atomic E-state index is 5.83. The highest BCUT2D eigenvalue weighted by Crippen LogP contribution is 2.18. The molecule has 6 nitrogen and oxygen atoms in total. The topological polar surface area (TPSA) is 49.3 Å².